The monoisotopic (exact) mass is 410 g/mol. The lowest BCUT2D eigenvalue weighted by molar-refractivity contribution is -0.913. The molecule has 0 bridgehead atoms. The van der Waals surface area contributed by atoms with Crippen molar-refractivity contribution in [2.24, 2.45) is 0 Å². The molecule has 2 N–H and O–H groups in total. The summed E-state index contributed by atoms with van der Waals surface area (Å²) in [6.07, 6.45) is 4.88. The highest BCUT2D eigenvalue weighted by atomic mass is 16.5. The maximum atomic E-state index is 13.0. The lowest BCUT2D eigenvalue weighted by atomic mass is 10.0. The number of hydrogen-bond donors (Lipinski definition) is 2. The van der Waals surface area contributed by atoms with Gasteiger partial charge in [0.05, 0.1) is 38.4 Å². The molecule has 1 aliphatic rings. The third-order valence-corrected chi connectivity index (χ3v) is 5.91. The van der Waals surface area contributed by atoms with E-state index < -0.39 is 5.63 Å². The average Bonchev–Trinajstić information content (AvgIpc) is 3.04. The van der Waals surface area contributed by atoms with Crippen LogP contribution in [0, 0.1) is 0 Å². The molecule has 0 amide bonds. The van der Waals surface area contributed by atoms with Crippen LogP contribution in [-0.2, 0) is 6.54 Å². The zero-order valence-electron chi connectivity index (χ0n) is 17.5. The van der Waals surface area contributed by atoms with Gasteiger partial charge in [0.1, 0.15) is 23.8 Å². The molecule has 30 heavy (non-hydrogen) atoms. The second-order valence-corrected chi connectivity index (χ2v) is 7.84. The third-order valence-electron chi connectivity index (χ3n) is 5.91. The van der Waals surface area contributed by atoms with E-state index in [0.29, 0.717) is 40.3 Å². The van der Waals surface area contributed by atoms with Crippen LogP contribution in [0.15, 0.2) is 45.6 Å². The first-order chi connectivity index (χ1) is 14.6. The Morgan fingerprint density at radius 2 is 1.73 bits per heavy atom. The summed E-state index contributed by atoms with van der Waals surface area (Å²) in [5, 5.41) is 11.3. The molecule has 0 atom stereocenters. The minimum atomic E-state index is -0.466. The quantitative estimate of drug-likeness (QED) is 0.632. The fourth-order valence-electron chi connectivity index (χ4n) is 4.27. The summed E-state index contributed by atoms with van der Waals surface area (Å²) in [6.45, 7) is 2.78. The number of likely N-dealkylation sites (tertiary alicyclic amines) is 1. The van der Waals surface area contributed by atoms with Crippen molar-refractivity contribution in [1.82, 2.24) is 0 Å². The normalized spacial score (nSPS) is 15.1. The number of fused-ring (bicyclic) bond motifs is 1. The largest absolute Gasteiger partial charge is 0.507 e. The van der Waals surface area contributed by atoms with Gasteiger partial charge in [-0.05, 0) is 62.1 Å². The number of phenolic OH excluding ortho intramolecular Hbond substituents is 1. The Morgan fingerprint density at radius 3 is 2.43 bits per heavy atom. The predicted molar refractivity (Wildman–Crippen MR) is 116 cm³/mol. The van der Waals surface area contributed by atoms with Crippen molar-refractivity contribution >= 4 is 11.0 Å². The molecular formula is C24H28NO5+. The average molecular weight is 410 g/mol. The zero-order valence-corrected chi connectivity index (χ0v) is 17.5. The Kier molecular flexibility index (Phi) is 5.95. The van der Waals surface area contributed by atoms with Crippen LogP contribution in [0.4, 0.5) is 0 Å². The molecule has 0 aliphatic carbocycles. The highest BCUT2D eigenvalue weighted by Gasteiger charge is 2.21. The molecule has 0 spiro atoms. The van der Waals surface area contributed by atoms with E-state index in [1.54, 1.807) is 50.6 Å². The molecule has 1 aromatic heterocycles. The van der Waals surface area contributed by atoms with Crippen molar-refractivity contribution in [3.05, 3.63) is 52.4 Å². The van der Waals surface area contributed by atoms with Crippen LogP contribution in [0.1, 0.15) is 31.2 Å². The molecule has 0 radical (unpaired) electrons. The summed E-state index contributed by atoms with van der Waals surface area (Å²) < 4.78 is 16.5. The van der Waals surface area contributed by atoms with Gasteiger partial charge in [0.25, 0.3) is 0 Å². The number of aromatic hydroxyl groups is 1. The summed E-state index contributed by atoms with van der Waals surface area (Å²) in [5.41, 5.74) is 1.71. The van der Waals surface area contributed by atoms with Crippen LogP contribution >= 0.6 is 0 Å². The van der Waals surface area contributed by atoms with E-state index >= 15 is 0 Å². The molecule has 6 nitrogen and oxygen atoms in total. The van der Waals surface area contributed by atoms with Crippen molar-refractivity contribution in [1.29, 1.82) is 0 Å². The summed E-state index contributed by atoms with van der Waals surface area (Å²) in [4.78, 5) is 14.4. The van der Waals surface area contributed by atoms with Gasteiger partial charge in [-0.1, -0.05) is 0 Å². The van der Waals surface area contributed by atoms with Crippen LogP contribution in [0.2, 0.25) is 0 Å². The van der Waals surface area contributed by atoms with Gasteiger partial charge in [-0.25, -0.2) is 4.79 Å². The van der Waals surface area contributed by atoms with Gasteiger partial charge < -0.3 is 23.9 Å². The molecule has 1 fully saturated rings. The molecular weight excluding hydrogens is 382 g/mol. The van der Waals surface area contributed by atoms with Crippen LogP contribution in [0.5, 0.6) is 17.2 Å². The molecule has 4 rings (SSSR count). The number of benzene rings is 2. The first kappa shape index (κ1) is 20.3. The standard InChI is InChI=1S/C24H27NO5/c1-28-17-8-10-22(29-2)18(14-17)19-13-16-7-9-21(26)20(23(16)30-24(19)27)15-25-11-5-3-4-6-12-25/h7-10,13-14,26H,3-6,11-12,15H2,1-2H3/p+1. The van der Waals surface area contributed by atoms with Crippen LogP contribution in [0.3, 0.4) is 0 Å². The number of ether oxygens (including phenoxy) is 2. The Morgan fingerprint density at radius 1 is 0.967 bits per heavy atom. The maximum absolute atomic E-state index is 13.0. The van der Waals surface area contributed by atoms with E-state index in [1.165, 1.54) is 30.6 Å². The second-order valence-electron chi connectivity index (χ2n) is 7.84. The minimum absolute atomic E-state index is 0.175. The third kappa shape index (κ3) is 4.00. The highest BCUT2D eigenvalue weighted by Crippen LogP contribution is 2.34. The molecule has 158 valence electrons. The van der Waals surface area contributed by atoms with Gasteiger partial charge in [-0.3, -0.25) is 0 Å². The number of hydrogen-bond acceptors (Lipinski definition) is 5. The predicted octanol–water partition coefficient (Wildman–Crippen LogP) is 3.14. The summed E-state index contributed by atoms with van der Waals surface area (Å²) in [7, 11) is 3.14. The fraction of sp³-hybridized carbons (Fsp3) is 0.375. The molecule has 1 saturated heterocycles. The van der Waals surface area contributed by atoms with E-state index in [4.69, 9.17) is 13.9 Å². The van der Waals surface area contributed by atoms with Crippen LogP contribution in [0.25, 0.3) is 22.1 Å². The van der Waals surface area contributed by atoms with Gasteiger partial charge in [-0.15, -0.1) is 0 Å². The van der Waals surface area contributed by atoms with Gasteiger partial charge >= 0.3 is 5.63 Å². The van der Waals surface area contributed by atoms with E-state index in [1.807, 2.05) is 0 Å². The van der Waals surface area contributed by atoms with Crippen LogP contribution in [-0.4, -0.2) is 32.4 Å². The van der Waals surface area contributed by atoms with Crippen molar-refractivity contribution in [3.63, 3.8) is 0 Å². The smallest absolute Gasteiger partial charge is 0.344 e. The van der Waals surface area contributed by atoms with Crippen molar-refractivity contribution < 1.29 is 23.9 Å². The van der Waals surface area contributed by atoms with Crippen molar-refractivity contribution in [3.8, 4) is 28.4 Å². The first-order valence-electron chi connectivity index (χ1n) is 10.5. The fourth-order valence-corrected chi connectivity index (χ4v) is 4.27. The Labute approximate surface area is 175 Å². The minimum Gasteiger partial charge on any atom is -0.507 e. The number of methoxy groups -OCH3 is 2. The van der Waals surface area contributed by atoms with E-state index in [2.05, 4.69) is 0 Å². The number of phenols is 1. The zero-order chi connectivity index (χ0) is 21.1. The topological polar surface area (TPSA) is 73.3 Å². The Balaban J connectivity index is 1.80. The maximum Gasteiger partial charge on any atom is 0.344 e. The number of quaternary nitrogens is 1. The van der Waals surface area contributed by atoms with Crippen LogP contribution < -0.4 is 20.0 Å². The second kappa shape index (κ2) is 8.79. The van der Waals surface area contributed by atoms with E-state index in [-0.39, 0.29) is 5.75 Å². The molecule has 0 unspecified atom stereocenters. The molecule has 3 aromatic rings. The molecule has 1 aliphatic heterocycles. The number of rotatable bonds is 5. The Bertz CT molecular complexity index is 1100. The summed E-state index contributed by atoms with van der Waals surface area (Å²) in [5.74, 6) is 1.37. The van der Waals surface area contributed by atoms with E-state index in [0.717, 1.165) is 18.5 Å². The lowest BCUT2D eigenvalue weighted by Crippen LogP contribution is -3.10. The summed E-state index contributed by atoms with van der Waals surface area (Å²) in [6, 6.07) is 10.6. The molecule has 2 aromatic carbocycles. The van der Waals surface area contributed by atoms with E-state index in [9.17, 15) is 9.90 Å². The Hall–Kier alpha value is -2.99. The SMILES string of the molecule is COc1ccc(OC)c(-c2cc3ccc(O)c(C[NH+]4CCCCCC4)c3oc2=O)c1. The van der Waals surface area contributed by atoms with Crippen molar-refractivity contribution in [2.45, 2.75) is 32.2 Å². The molecule has 0 saturated carbocycles. The number of nitrogens with one attached hydrogen (secondary N) is 1. The molecule has 6 heteroatoms. The van der Waals surface area contributed by atoms with Gasteiger partial charge in [-0.2, -0.15) is 0 Å². The van der Waals surface area contributed by atoms with Gasteiger partial charge in [0.2, 0.25) is 0 Å². The lowest BCUT2D eigenvalue weighted by Gasteiger charge is -2.18. The van der Waals surface area contributed by atoms with Crippen molar-refractivity contribution in [2.75, 3.05) is 27.3 Å². The first-order valence-corrected chi connectivity index (χ1v) is 10.5. The van der Waals surface area contributed by atoms with Gasteiger partial charge in [0.15, 0.2) is 5.58 Å². The van der Waals surface area contributed by atoms with Gasteiger partial charge in [0, 0.05) is 10.9 Å². The molecule has 2 heterocycles. The highest BCUT2D eigenvalue weighted by molar-refractivity contribution is 5.86. The summed E-state index contributed by atoms with van der Waals surface area (Å²) >= 11 is 0.